The second-order valence-corrected chi connectivity index (χ2v) is 9.34. The molecular formula is C27H35NO3. The van der Waals surface area contributed by atoms with Crippen molar-refractivity contribution in [2.24, 2.45) is 11.3 Å². The van der Waals surface area contributed by atoms with Crippen LogP contribution in [-0.2, 0) is 20.7 Å². The van der Waals surface area contributed by atoms with Crippen LogP contribution in [0.4, 0.5) is 0 Å². The molecule has 4 rings (SSSR count). The van der Waals surface area contributed by atoms with E-state index >= 15 is 0 Å². The molecule has 2 saturated heterocycles. The summed E-state index contributed by atoms with van der Waals surface area (Å²) in [6, 6.07) is 15.2. The first kappa shape index (κ1) is 22.0. The number of nitrogens with one attached hydrogen (secondary N) is 1. The number of carbonyl (C=O) groups excluding carboxylic acids is 1. The fourth-order valence-corrected chi connectivity index (χ4v) is 5.06. The number of amides is 1. The maximum atomic E-state index is 13.5. The molecule has 0 bridgehead atoms. The highest BCUT2D eigenvalue weighted by atomic mass is 16.5. The summed E-state index contributed by atoms with van der Waals surface area (Å²) in [5.74, 6) is 0.605. The molecular weight excluding hydrogens is 386 g/mol. The molecule has 1 unspecified atom stereocenters. The van der Waals surface area contributed by atoms with E-state index in [4.69, 9.17) is 9.47 Å². The zero-order chi connectivity index (χ0) is 21.7. The van der Waals surface area contributed by atoms with Crippen molar-refractivity contribution in [2.45, 2.75) is 46.0 Å². The Hall–Kier alpha value is -2.17. The normalized spacial score (nSPS) is 20.9. The molecule has 2 aromatic carbocycles. The van der Waals surface area contributed by atoms with Crippen molar-refractivity contribution in [1.82, 2.24) is 5.32 Å². The van der Waals surface area contributed by atoms with Crippen LogP contribution in [-0.4, -0.2) is 38.9 Å². The Morgan fingerprint density at radius 3 is 2.58 bits per heavy atom. The van der Waals surface area contributed by atoms with Crippen LogP contribution in [0.2, 0.25) is 0 Å². The standard InChI is InChI=1S/C27H35NO3/c1-20-9-10-24(21(2)16-20)25-8-4-3-7-23(25)17-27(11-14-30-15-12-27)26(29)28-18-22-6-5-13-31-19-22/h3-4,7-10,16,22H,5-6,11-15,17-19H2,1-2H3,(H,28,29). The molecule has 4 nitrogen and oxygen atoms in total. The quantitative estimate of drug-likeness (QED) is 0.725. The van der Waals surface area contributed by atoms with Gasteiger partial charge in [0.25, 0.3) is 0 Å². The second-order valence-electron chi connectivity index (χ2n) is 9.34. The average Bonchev–Trinajstić information content (AvgIpc) is 2.79. The predicted molar refractivity (Wildman–Crippen MR) is 124 cm³/mol. The summed E-state index contributed by atoms with van der Waals surface area (Å²) in [4.78, 5) is 13.5. The number of rotatable bonds is 6. The minimum atomic E-state index is -0.414. The molecule has 1 amide bonds. The molecule has 1 atom stereocenters. The van der Waals surface area contributed by atoms with Crippen molar-refractivity contribution in [3.8, 4) is 11.1 Å². The number of hydrogen-bond donors (Lipinski definition) is 1. The first-order valence-corrected chi connectivity index (χ1v) is 11.7. The molecule has 166 valence electrons. The van der Waals surface area contributed by atoms with E-state index in [2.05, 4.69) is 61.6 Å². The molecule has 2 heterocycles. The summed E-state index contributed by atoms with van der Waals surface area (Å²) in [5, 5.41) is 3.29. The van der Waals surface area contributed by atoms with Gasteiger partial charge in [0.1, 0.15) is 0 Å². The minimum Gasteiger partial charge on any atom is -0.381 e. The summed E-state index contributed by atoms with van der Waals surface area (Å²) >= 11 is 0. The van der Waals surface area contributed by atoms with Gasteiger partial charge in [0, 0.05) is 26.4 Å². The summed E-state index contributed by atoms with van der Waals surface area (Å²) < 4.78 is 11.2. The van der Waals surface area contributed by atoms with Gasteiger partial charge in [-0.15, -0.1) is 0 Å². The highest BCUT2D eigenvalue weighted by Crippen LogP contribution is 2.38. The Labute approximate surface area is 186 Å². The van der Waals surface area contributed by atoms with E-state index in [-0.39, 0.29) is 5.91 Å². The second kappa shape index (κ2) is 9.97. The maximum absolute atomic E-state index is 13.5. The van der Waals surface area contributed by atoms with E-state index < -0.39 is 5.41 Å². The topological polar surface area (TPSA) is 47.6 Å². The predicted octanol–water partition coefficient (Wildman–Crippen LogP) is 4.85. The van der Waals surface area contributed by atoms with Crippen LogP contribution in [0.5, 0.6) is 0 Å². The lowest BCUT2D eigenvalue weighted by molar-refractivity contribution is -0.137. The van der Waals surface area contributed by atoms with E-state index in [1.54, 1.807) is 0 Å². The zero-order valence-corrected chi connectivity index (χ0v) is 18.9. The molecule has 0 radical (unpaired) electrons. The maximum Gasteiger partial charge on any atom is 0.226 e. The molecule has 31 heavy (non-hydrogen) atoms. The summed E-state index contributed by atoms with van der Waals surface area (Å²) in [5.41, 5.74) is 5.86. The molecule has 1 N–H and O–H groups in total. The van der Waals surface area contributed by atoms with Gasteiger partial charge in [-0.25, -0.2) is 0 Å². The molecule has 2 aromatic rings. The first-order valence-electron chi connectivity index (χ1n) is 11.7. The van der Waals surface area contributed by atoms with E-state index in [0.717, 1.165) is 45.3 Å². The highest BCUT2D eigenvalue weighted by Gasteiger charge is 2.40. The lowest BCUT2D eigenvalue weighted by Crippen LogP contribution is -2.47. The number of carbonyl (C=O) groups is 1. The number of aryl methyl sites for hydroxylation is 2. The third kappa shape index (κ3) is 5.19. The Bertz CT molecular complexity index is 895. The highest BCUT2D eigenvalue weighted by molar-refractivity contribution is 5.84. The van der Waals surface area contributed by atoms with Crippen LogP contribution in [0.15, 0.2) is 42.5 Å². The van der Waals surface area contributed by atoms with Crippen molar-refractivity contribution in [1.29, 1.82) is 0 Å². The Morgan fingerprint density at radius 1 is 1.03 bits per heavy atom. The van der Waals surface area contributed by atoms with E-state index in [9.17, 15) is 4.79 Å². The summed E-state index contributed by atoms with van der Waals surface area (Å²) in [6.07, 6.45) is 4.49. The van der Waals surface area contributed by atoms with Crippen molar-refractivity contribution < 1.29 is 14.3 Å². The van der Waals surface area contributed by atoms with E-state index in [1.165, 1.54) is 27.8 Å². The van der Waals surface area contributed by atoms with Gasteiger partial charge in [-0.05, 0) is 74.1 Å². The SMILES string of the molecule is Cc1ccc(-c2ccccc2CC2(C(=O)NCC3CCCOC3)CCOCC2)c(C)c1. The third-order valence-corrected chi connectivity index (χ3v) is 6.96. The number of ether oxygens (including phenoxy) is 2. The lowest BCUT2D eigenvalue weighted by Gasteiger charge is -2.37. The van der Waals surface area contributed by atoms with Gasteiger partial charge < -0.3 is 14.8 Å². The molecule has 0 spiro atoms. The van der Waals surface area contributed by atoms with Gasteiger partial charge in [0.15, 0.2) is 0 Å². The largest absolute Gasteiger partial charge is 0.381 e. The fourth-order valence-electron chi connectivity index (χ4n) is 5.06. The first-order chi connectivity index (χ1) is 15.1. The van der Waals surface area contributed by atoms with Gasteiger partial charge >= 0.3 is 0 Å². The molecule has 4 heteroatoms. The van der Waals surface area contributed by atoms with Crippen LogP contribution in [0.1, 0.15) is 42.4 Å². The monoisotopic (exact) mass is 421 g/mol. The minimum absolute atomic E-state index is 0.178. The molecule has 2 aliphatic rings. The Balaban J connectivity index is 1.57. The lowest BCUT2D eigenvalue weighted by atomic mass is 9.73. The van der Waals surface area contributed by atoms with Crippen LogP contribution in [0, 0.1) is 25.2 Å². The third-order valence-electron chi connectivity index (χ3n) is 6.96. The fraction of sp³-hybridized carbons (Fsp3) is 0.519. The van der Waals surface area contributed by atoms with Crippen molar-refractivity contribution in [2.75, 3.05) is 33.0 Å². The molecule has 2 fully saturated rings. The summed E-state index contributed by atoms with van der Waals surface area (Å²) in [6.45, 7) is 7.90. The van der Waals surface area contributed by atoms with Gasteiger partial charge in [-0.2, -0.15) is 0 Å². The molecule has 0 saturated carbocycles. The van der Waals surface area contributed by atoms with E-state index in [0.29, 0.717) is 25.7 Å². The average molecular weight is 422 g/mol. The molecule has 2 aliphatic heterocycles. The van der Waals surface area contributed by atoms with Crippen molar-refractivity contribution in [3.05, 3.63) is 59.2 Å². The smallest absolute Gasteiger partial charge is 0.226 e. The van der Waals surface area contributed by atoms with Crippen molar-refractivity contribution in [3.63, 3.8) is 0 Å². The van der Waals surface area contributed by atoms with Crippen molar-refractivity contribution >= 4 is 5.91 Å². The molecule has 0 aromatic heterocycles. The van der Waals surface area contributed by atoms with Gasteiger partial charge in [0.05, 0.1) is 12.0 Å². The van der Waals surface area contributed by atoms with Crippen LogP contribution >= 0.6 is 0 Å². The Kier molecular flexibility index (Phi) is 7.09. The van der Waals surface area contributed by atoms with Gasteiger partial charge in [-0.1, -0.05) is 48.0 Å². The van der Waals surface area contributed by atoms with Crippen LogP contribution < -0.4 is 5.32 Å². The van der Waals surface area contributed by atoms with Crippen LogP contribution in [0.3, 0.4) is 0 Å². The van der Waals surface area contributed by atoms with Crippen LogP contribution in [0.25, 0.3) is 11.1 Å². The van der Waals surface area contributed by atoms with Gasteiger partial charge in [0.2, 0.25) is 5.91 Å². The van der Waals surface area contributed by atoms with E-state index in [1.807, 2.05) is 0 Å². The zero-order valence-electron chi connectivity index (χ0n) is 18.9. The number of hydrogen-bond acceptors (Lipinski definition) is 3. The van der Waals surface area contributed by atoms with Gasteiger partial charge in [-0.3, -0.25) is 4.79 Å². The Morgan fingerprint density at radius 2 is 1.84 bits per heavy atom. The molecule has 0 aliphatic carbocycles. The number of benzene rings is 2. The summed E-state index contributed by atoms with van der Waals surface area (Å²) in [7, 11) is 0.